The van der Waals surface area contributed by atoms with Crippen LogP contribution in [0.3, 0.4) is 0 Å². The lowest BCUT2D eigenvalue weighted by molar-refractivity contribution is 0.0937. The van der Waals surface area contributed by atoms with E-state index in [2.05, 4.69) is 48.5 Å². The van der Waals surface area contributed by atoms with Gasteiger partial charge in [-0.2, -0.15) is 0 Å². The molecule has 19 heavy (non-hydrogen) atoms. The Balaban J connectivity index is 2.02. The molecule has 0 aromatic carbocycles. The van der Waals surface area contributed by atoms with Gasteiger partial charge in [0.15, 0.2) is 5.69 Å². The van der Waals surface area contributed by atoms with E-state index in [9.17, 15) is 4.79 Å². The van der Waals surface area contributed by atoms with E-state index in [0.29, 0.717) is 11.5 Å². The van der Waals surface area contributed by atoms with Crippen LogP contribution in [-0.4, -0.2) is 28.7 Å². The van der Waals surface area contributed by atoms with Gasteiger partial charge in [-0.3, -0.25) is 4.79 Å². The lowest BCUT2D eigenvalue weighted by Gasteiger charge is -2.06. The molecule has 0 spiro atoms. The summed E-state index contributed by atoms with van der Waals surface area (Å²) in [5, 5.41) is 14.0. The Morgan fingerprint density at radius 1 is 1.21 bits per heavy atom. The van der Waals surface area contributed by atoms with Crippen LogP contribution < -0.4 is 10.6 Å². The van der Waals surface area contributed by atoms with Crippen molar-refractivity contribution in [3.05, 3.63) is 17.8 Å². The molecule has 1 aliphatic carbocycles. The number of carbonyl (C=O) groups excluding carboxylic acids is 1. The van der Waals surface area contributed by atoms with E-state index in [0.717, 1.165) is 6.54 Å². The van der Waals surface area contributed by atoms with Gasteiger partial charge in [0.25, 0.3) is 5.91 Å². The van der Waals surface area contributed by atoms with Crippen LogP contribution in [0.2, 0.25) is 0 Å². The van der Waals surface area contributed by atoms with Crippen molar-refractivity contribution in [2.45, 2.75) is 40.7 Å². The molecule has 1 heterocycles. The summed E-state index contributed by atoms with van der Waals surface area (Å²) in [6.07, 6.45) is 0. The first-order chi connectivity index (χ1) is 8.80. The molecular formula is C14H22N4O. The minimum atomic E-state index is -0.154. The van der Waals surface area contributed by atoms with E-state index < -0.39 is 0 Å². The van der Waals surface area contributed by atoms with Crippen molar-refractivity contribution in [3.8, 4) is 0 Å². The molecule has 0 radical (unpaired) electrons. The fraction of sp³-hybridized carbons (Fsp3) is 0.643. The zero-order chi connectivity index (χ0) is 14.3. The lowest BCUT2D eigenvalue weighted by Crippen LogP contribution is -2.30. The molecule has 2 rings (SSSR count). The number of carbonyl (C=O) groups is 1. The van der Waals surface area contributed by atoms with Gasteiger partial charge >= 0.3 is 0 Å². The fourth-order valence-electron chi connectivity index (χ4n) is 2.49. The predicted molar refractivity (Wildman–Crippen MR) is 75.0 cm³/mol. The second-order valence-electron chi connectivity index (χ2n) is 6.18. The number of amides is 1. The number of anilines is 1. The van der Waals surface area contributed by atoms with Crippen molar-refractivity contribution < 1.29 is 4.79 Å². The van der Waals surface area contributed by atoms with E-state index in [4.69, 9.17) is 0 Å². The van der Waals surface area contributed by atoms with Gasteiger partial charge in [0.1, 0.15) is 5.82 Å². The minimum Gasteiger partial charge on any atom is -0.369 e. The van der Waals surface area contributed by atoms with Crippen LogP contribution in [0, 0.1) is 10.8 Å². The van der Waals surface area contributed by atoms with Gasteiger partial charge in [-0.25, -0.2) is 0 Å². The Morgan fingerprint density at radius 2 is 1.84 bits per heavy atom. The van der Waals surface area contributed by atoms with Gasteiger partial charge < -0.3 is 10.6 Å². The predicted octanol–water partition coefficient (Wildman–Crippen LogP) is 2.07. The van der Waals surface area contributed by atoms with Crippen LogP contribution in [0.1, 0.15) is 45.1 Å². The highest BCUT2D eigenvalue weighted by atomic mass is 16.2. The molecule has 104 valence electrons. The molecule has 1 saturated carbocycles. The first-order valence-corrected chi connectivity index (χ1v) is 6.69. The number of hydrogen-bond acceptors (Lipinski definition) is 4. The molecule has 1 fully saturated rings. The fourth-order valence-corrected chi connectivity index (χ4v) is 2.49. The number of aromatic nitrogens is 2. The number of nitrogens with one attached hydrogen (secondary N) is 2. The van der Waals surface area contributed by atoms with Crippen LogP contribution in [0.15, 0.2) is 12.1 Å². The summed E-state index contributed by atoms with van der Waals surface area (Å²) in [5.74, 6) is 0.533. The molecule has 0 aliphatic heterocycles. The van der Waals surface area contributed by atoms with E-state index in [1.807, 2.05) is 6.92 Å². The third-order valence-corrected chi connectivity index (χ3v) is 4.55. The average molecular weight is 262 g/mol. The second kappa shape index (κ2) is 4.47. The van der Waals surface area contributed by atoms with Crippen molar-refractivity contribution in [2.24, 2.45) is 10.8 Å². The Labute approximate surface area is 114 Å². The Morgan fingerprint density at radius 3 is 2.26 bits per heavy atom. The summed E-state index contributed by atoms with van der Waals surface area (Å²) >= 11 is 0. The molecule has 2 N–H and O–H groups in total. The standard InChI is InChI=1S/C14H22N4O/c1-6-15-10-8-7-9(17-18-10)11(19)16-12-13(2,3)14(12,4)5/h7-8,12H,6H2,1-5H3,(H,15,18)(H,16,19). The maximum absolute atomic E-state index is 12.1. The summed E-state index contributed by atoms with van der Waals surface area (Å²) in [4.78, 5) is 12.1. The first kappa shape index (κ1) is 13.8. The summed E-state index contributed by atoms with van der Waals surface area (Å²) in [6.45, 7) is 11.4. The quantitative estimate of drug-likeness (QED) is 0.871. The highest BCUT2D eigenvalue weighted by Crippen LogP contribution is 2.62. The van der Waals surface area contributed by atoms with Gasteiger partial charge in [-0.05, 0) is 29.9 Å². The third kappa shape index (κ3) is 2.29. The molecular weight excluding hydrogens is 240 g/mol. The van der Waals surface area contributed by atoms with Gasteiger partial charge in [0.05, 0.1) is 0 Å². The molecule has 0 atom stereocenters. The monoisotopic (exact) mass is 262 g/mol. The summed E-state index contributed by atoms with van der Waals surface area (Å²) in [6, 6.07) is 3.65. The molecule has 5 heteroatoms. The average Bonchev–Trinajstić information content (AvgIpc) is 2.73. The zero-order valence-electron chi connectivity index (χ0n) is 12.2. The molecule has 1 aromatic heterocycles. The first-order valence-electron chi connectivity index (χ1n) is 6.69. The van der Waals surface area contributed by atoms with Crippen molar-refractivity contribution in [2.75, 3.05) is 11.9 Å². The molecule has 0 bridgehead atoms. The van der Waals surface area contributed by atoms with Gasteiger partial charge in [-0.15, -0.1) is 10.2 Å². The SMILES string of the molecule is CCNc1ccc(C(=O)NC2C(C)(C)C2(C)C)nn1. The number of nitrogens with zero attached hydrogens (tertiary/aromatic N) is 2. The van der Waals surface area contributed by atoms with E-state index in [1.165, 1.54) is 0 Å². The van der Waals surface area contributed by atoms with Gasteiger partial charge in [-0.1, -0.05) is 27.7 Å². The molecule has 5 nitrogen and oxygen atoms in total. The number of hydrogen-bond donors (Lipinski definition) is 2. The van der Waals surface area contributed by atoms with Crippen LogP contribution in [0.4, 0.5) is 5.82 Å². The van der Waals surface area contributed by atoms with Crippen molar-refractivity contribution in [1.82, 2.24) is 15.5 Å². The zero-order valence-corrected chi connectivity index (χ0v) is 12.2. The van der Waals surface area contributed by atoms with E-state index >= 15 is 0 Å². The molecule has 1 aliphatic rings. The van der Waals surface area contributed by atoms with Crippen LogP contribution in [0.25, 0.3) is 0 Å². The van der Waals surface area contributed by atoms with Crippen molar-refractivity contribution >= 4 is 11.7 Å². The highest BCUT2D eigenvalue weighted by Gasteiger charge is 2.65. The van der Waals surface area contributed by atoms with E-state index in [-0.39, 0.29) is 22.8 Å². The van der Waals surface area contributed by atoms with Crippen LogP contribution in [-0.2, 0) is 0 Å². The maximum atomic E-state index is 12.1. The third-order valence-electron chi connectivity index (χ3n) is 4.55. The van der Waals surface area contributed by atoms with Crippen LogP contribution >= 0.6 is 0 Å². The van der Waals surface area contributed by atoms with E-state index in [1.54, 1.807) is 12.1 Å². The largest absolute Gasteiger partial charge is 0.369 e. The molecule has 1 aromatic rings. The van der Waals surface area contributed by atoms with Crippen molar-refractivity contribution in [1.29, 1.82) is 0 Å². The Hall–Kier alpha value is -1.65. The Kier molecular flexibility index (Phi) is 3.24. The normalized spacial score (nSPS) is 19.8. The van der Waals surface area contributed by atoms with Gasteiger partial charge in [0, 0.05) is 12.6 Å². The topological polar surface area (TPSA) is 66.9 Å². The minimum absolute atomic E-state index is 0.125. The lowest BCUT2D eigenvalue weighted by atomic mass is 10.0. The highest BCUT2D eigenvalue weighted by molar-refractivity contribution is 5.92. The van der Waals surface area contributed by atoms with Gasteiger partial charge in [0.2, 0.25) is 0 Å². The molecule has 0 saturated heterocycles. The smallest absolute Gasteiger partial charge is 0.272 e. The van der Waals surface area contributed by atoms with Crippen LogP contribution in [0.5, 0.6) is 0 Å². The summed E-state index contributed by atoms with van der Waals surface area (Å²) < 4.78 is 0. The molecule has 1 amide bonds. The molecule has 0 unspecified atom stereocenters. The van der Waals surface area contributed by atoms with Crippen molar-refractivity contribution in [3.63, 3.8) is 0 Å². The Bertz CT molecular complexity index is 465. The summed E-state index contributed by atoms with van der Waals surface area (Å²) in [7, 11) is 0. The summed E-state index contributed by atoms with van der Waals surface area (Å²) in [5.41, 5.74) is 0.611. The number of rotatable bonds is 4. The maximum Gasteiger partial charge on any atom is 0.272 e. The second-order valence-corrected chi connectivity index (χ2v) is 6.18.